The summed E-state index contributed by atoms with van der Waals surface area (Å²) in [5.41, 5.74) is 0.499. The van der Waals surface area contributed by atoms with Crippen molar-refractivity contribution in [1.82, 2.24) is 0 Å². The van der Waals surface area contributed by atoms with Gasteiger partial charge in [0.2, 0.25) is 0 Å². The lowest BCUT2D eigenvalue weighted by Gasteiger charge is -2.59. The molecule has 4 nitrogen and oxygen atoms in total. The number of ether oxygens (including phenoxy) is 2. The highest BCUT2D eigenvalue weighted by Gasteiger charge is 2.82. The third kappa shape index (κ3) is 2.17. The lowest BCUT2D eigenvalue weighted by Crippen LogP contribution is -2.54. The van der Waals surface area contributed by atoms with Gasteiger partial charge in [-0.15, -0.1) is 0 Å². The van der Waals surface area contributed by atoms with Gasteiger partial charge in [-0.3, -0.25) is 0 Å². The van der Waals surface area contributed by atoms with Crippen molar-refractivity contribution in [3.8, 4) is 0 Å². The molecular formula is C28H44O4. The van der Waals surface area contributed by atoms with Gasteiger partial charge in [0.05, 0.1) is 17.8 Å². The highest BCUT2D eigenvalue weighted by atomic mass is 16.8. The van der Waals surface area contributed by atoms with E-state index in [4.69, 9.17) is 9.47 Å². The molecule has 5 aliphatic carbocycles. The summed E-state index contributed by atoms with van der Waals surface area (Å²) in [5.74, 6) is 2.16. The molecular weight excluding hydrogens is 400 g/mol. The first-order chi connectivity index (χ1) is 14.9. The zero-order valence-electron chi connectivity index (χ0n) is 20.8. The lowest BCUT2D eigenvalue weighted by atomic mass is 9.46. The van der Waals surface area contributed by atoms with Gasteiger partial charge in [-0.2, -0.15) is 0 Å². The monoisotopic (exact) mass is 444 g/mol. The Morgan fingerprint density at radius 2 is 1.56 bits per heavy atom. The van der Waals surface area contributed by atoms with Crippen molar-refractivity contribution >= 4 is 0 Å². The van der Waals surface area contributed by atoms with Crippen LogP contribution in [-0.4, -0.2) is 39.9 Å². The molecule has 32 heavy (non-hydrogen) atoms. The van der Waals surface area contributed by atoms with Crippen molar-refractivity contribution in [2.75, 3.05) is 0 Å². The number of hydrogen-bond donors (Lipinski definition) is 2. The van der Waals surface area contributed by atoms with Crippen LogP contribution in [-0.2, 0) is 9.47 Å². The van der Waals surface area contributed by atoms with Crippen LogP contribution in [0.25, 0.3) is 0 Å². The van der Waals surface area contributed by atoms with E-state index in [1.54, 1.807) is 0 Å². The molecule has 0 aromatic rings. The van der Waals surface area contributed by atoms with Crippen LogP contribution in [0.3, 0.4) is 0 Å². The Kier molecular flexibility index (Phi) is 3.83. The molecule has 7 aliphatic rings. The molecule has 2 heterocycles. The maximum atomic E-state index is 10.8. The predicted molar refractivity (Wildman–Crippen MR) is 122 cm³/mol. The number of rotatable bonds is 1. The van der Waals surface area contributed by atoms with Gasteiger partial charge in [-0.25, -0.2) is 0 Å². The van der Waals surface area contributed by atoms with Crippen molar-refractivity contribution in [3.05, 3.63) is 0 Å². The molecule has 7 fully saturated rings. The first kappa shape index (κ1) is 21.1. The molecule has 0 radical (unpaired) electrons. The largest absolute Gasteiger partial charge is 0.393 e. The Bertz CT molecular complexity index is 847. The van der Waals surface area contributed by atoms with Crippen LogP contribution in [0.1, 0.15) is 98.8 Å². The van der Waals surface area contributed by atoms with E-state index in [9.17, 15) is 10.2 Å². The quantitative estimate of drug-likeness (QED) is 0.594. The number of aliphatic hydroxyl groups excluding tert-OH is 1. The molecule has 0 amide bonds. The molecule has 2 saturated heterocycles. The van der Waals surface area contributed by atoms with Crippen LogP contribution in [0, 0.1) is 45.3 Å². The number of hydrogen-bond acceptors (Lipinski definition) is 4. The van der Waals surface area contributed by atoms with Gasteiger partial charge in [-0.1, -0.05) is 20.8 Å². The van der Waals surface area contributed by atoms with Crippen LogP contribution in [0.5, 0.6) is 0 Å². The Labute approximate surface area is 193 Å². The molecule has 180 valence electrons. The van der Waals surface area contributed by atoms with E-state index < -0.39 is 11.4 Å². The summed E-state index contributed by atoms with van der Waals surface area (Å²) in [7, 11) is 0. The summed E-state index contributed by atoms with van der Waals surface area (Å²) in [4.78, 5) is 0. The Balaban J connectivity index is 1.24. The fraction of sp³-hybridized carbons (Fsp3) is 1.00. The van der Waals surface area contributed by atoms with Crippen LogP contribution >= 0.6 is 0 Å². The topological polar surface area (TPSA) is 58.9 Å². The van der Waals surface area contributed by atoms with Crippen LogP contribution in [0.15, 0.2) is 0 Å². The van der Waals surface area contributed by atoms with Gasteiger partial charge >= 0.3 is 0 Å². The van der Waals surface area contributed by atoms with Gasteiger partial charge in [0, 0.05) is 12.3 Å². The SMILES string of the molecule is CC12CCC34CC35CC[C@H](O)C(C)(C)C5CCC4C1CC13OC(CCC12)[C@@H](C(C)(C)O)O3. The van der Waals surface area contributed by atoms with Crippen molar-refractivity contribution in [3.63, 3.8) is 0 Å². The second kappa shape index (κ2) is 5.79. The normalized spacial score (nSPS) is 61.8. The fourth-order valence-corrected chi connectivity index (χ4v) is 11.6. The third-order valence-electron chi connectivity index (χ3n) is 13.0. The summed E-state index contributed by atoms with van der Waals surface area (Å²) in [6.07, 6.45) is 11.9. The van der Waals surface area contributed by atoms with Crippen LogP contribution in [0.2, 0.25) is 0 Å². The molecule has 2 bridgehead atoms. The zero-order valence-corrected chi connectivity index (χ0v) is 20.8. The van der Waals surface area contributed by atoms with Gasteiger partial charge in [0.15, 0.2) is 5.79 Å². The first-order valence-electron chi connectivity index (χ1n) is 13.7. The second-order valence-corrected chi connectivity index (χ2v) is 14.7. The van der Waals surface area contributed by atoms with E-state index in [1.807, 2.05) is 13.8 Å². The minimum Gasteiger partial charge on any atom is -0.393 e. The lowest BCUT2D eigenvalue weighted by molar-refractivity contribution is -0.232. The Morgan fingerprint density at radius 1 is 0.812 bits per heavy atom. The van der Waals surface area contributed by atoms with Gasteiger partial charge < -0.3 is 19.7 Å². The third-order valence-corrected chi connectivity index (χ3v) is 13.0. The van der Waals surface area contributed by atoms with E-state index >= 15 is 0 Å². The van der Waals surface area contributed by atoms with E-state index in [1.165, 1.54) is 44.9 Å². The summed E-state index contributed by atoms with van der Waals surface area (Å²) in [5, 5.41) is 21.7. The fourth-order valence-electron chi connectivity index (χ4n) is 11.6. The predicted octanol–water partition coefficient (Wildman–Crippen LogP) is 5.05. The van der Waals surface area contributed by atoms with Crippen molar-refractivity contribution < 1.29 is 19.7 Å². The second-order valence-electron chi connectivity index (χ2n) is 14.7. The van der Waals surface area contributed by atoms with Gasteiger partial charge in [0.25, 0.3) is 0 Å². The smallest absolute Gasteiger partial charge is 0.173 e. The van der Waals surface area contributed by atoms with E-state index in [0.717, 1.165) is 25.2 Å². The molecule has 0 aromatic heterocycles. The van der Waals surface area contributed by atoms with Crippen LogP contribution < -0.4 is 0 Å². The molecule has 4 heteroatoms. The molecule has 5 saturated carbocycles. The van der Waals surface area contributed by atoms with Crippen molar-refractivity contribution in [2.24, 2.45) is 45.3 Å². The zero-order chi connectivity index (χ0) is 22.5. The molecule has 9 unspecified atom stereocenters. The minimum absolute atomic E-state index is 0.0487. The Morgan fingerprint density at radius 3 is 2.31 bits per heavy atom. The molecule has 11 atom stereocenters. The van der Waals surface area contributed by atoms with Gasteiger partial charge in [-0.05, 0) is 111 Å². The van der Waals surface area contributed by atoms with Crippen LogP contribution in [0.4, 0.5) is 0 Å². The van der Waals surface area contributed by atoms with Crippen molar-refractivity contribution in [2.45, 2.75) is 129 Å². The summed E-state index contributed by atoms with van der Waals surface area (Å²) in [6, 6.07) is 0. The molecule has 2 N–H and O–H groups in total. The highest BCUT2D eigenvalue weighted by Crippen LogP contribution is 2.87. The number of aliphatic hydroxyl groups is 2. The maximum absolute atomic E-state index is 10.8. The van der Waals surface area contributed by atoms with Crippen molar-refractivity contribution in [1.29, 1.82) is 0 Å². The Hall–Kier alpha value is -0.160. The molecule has 0 aromatic carbocycles. The number of fused-ring (bicyclic) bond motifs is 4. The molecule has 2 aliphatic heterocycles. The molecule has 3 spiro atoms. The summed E-state index contributed by atoms with van der Waals surface area (Å²) < 4.78 is 13.6. The van der Waals surface area contributed by atoms with E-state index in [0.29, 0.717) is 34.0 Å². The molecule has 7 rings (SSSR count). The van der Waals surface area contributed by atoms with E-state index in [-0.39, 0.29) is 23.7 Å². The highest BCUT2D eigenvalue weighted by molar-refractivity contribution is 5.30. The average molecular weight is 445 g/mol. The van der Waals surface area contributed by atoms with Gasteiger partial charge in [0.1, 0.15) is 6.10 Å². The average Bonchev–Trinajstić information content (AvgIpc) is 3.19. The van der Waals surface area contributed by atoms with E-state index in [2.05, 4.69) is 20.8 Å². The summed E-state index contributed by atoms with van der Waals surface area (Å²) in [6.45, 7) is 11.1. The standard InChI is InChI=1S/C28H44O4/c1-23(2)19-8-6-16-17-14-28-20(9-7-18(31-28)22(32-28)24(3,4)30)25(17,5)12-13-26(16)15-27(19,26)11-10-21(23)29/h16-22,29-30H,6-15H2,1-5H3/t16?,17?,18?,19?,20?,21-,22-,25?,26?,27?,28?/m0/s1. The minimum atomic E-state index is -0.855. The summed E-state index contributed by atoms with van der Waals surface area (Å²) >= 11 is 0. The first-order valence-corrected chi connectivity index (χ1v) is 13.7. The maximum Gasteiger partial charge on any atom is 0.173 e.